The molecule has 3 rings (SSSR count). The van der Waals surface area contributed by atoms with Crippen molar-refractivity contribution >= 4 is 39.2 Å². The molecule has 0 atom stereocenters. The largest absolute Gasteiger partial charge is 0.354 e. The Hall–Kier alpha value is -1.89. The third-order valence-corrected chi connectivity index (χ3v) is 4.47. The normalized spacial score (nSPS) is 15.5. The van der Waals surface area contributed by atoms with E-state index in [4.69, 9.17) is 0 Å². The maximum absolute atomic E-state index is 11.4. The van der Waals surface area contributed by atoms with Crippen molar-refractivity contribution in [1.82, 2.24) is 14.9 Å². The molecule has 0 radical (unpaired) electrons. The topological polar surface area (TPSA) is 61.4 Å². The molecule has 0 unspecified atom stereocenters. The van der Waals surface area contributed by atoms with Crippen molar-refractivity contribution in [1.29, 1.82) is 0 Å². The quantitative estimate of drug-likeness (QED) is 0.937. The summed E-state index contributed by atoms with van der Waals surface area (Å²) in [6, 6.07) is 2.07. The van der Waals surface area contributed by atoms with Crippen LogP contribution in [0.15, 0.2) is 11.4 Å². The minimum atomic E-state index is 0.145. The first-order valence-corrected chi connectivity index (χ1v) is 8.06. The van der Waals surface area contributed by atoms with Crippen LogP contribution in [0.4, 0.5) is 11.8 Å². The van der Waals surface area contributed by atoms with Gasteiger partial charge in [0.1, 0.15) is 10.6 Å². The maximum atomic E-state index is 11.4. The van der Waals surface area contributed by atoms with E-state index in [1.807, 2.05) is 17.2 Å². The van der Waals surface area contributed by atoms with E-state index in [1.54, 1.807) is 18.3 Å². The first-order chi connectivity index (χ1) is 10.2. The number of rotatable bonds is 3. The first-order valence-electron chi connectivity index (χ1n) is 7.18. The molecule has 1 fully saturated rings. The van der Waals surface area contributed by atoms with E-state index in [9.17, 15) is 4.79 Å². The van der Waals surface area contributed by atoms with Crippen LogP contribution in [0.5, 0.6) is 0 Å². The second-order valence-electron chi connectivity index (χ2n) is 5.03. The molecule has 0 bridgehead atoms. The molecule has 2 aromatic rings. The van der Waals surface area contributed by atoms with Gasteiger partial charge >= 0.3 is 0 Å². The molecule has 1 aliphatic rings. The number of hydrogen-bond donors (Lipinski definition) is 1. The minimum Gasteiger partial charge on any atom is -0.354 e. The standard InChI is InChI=1S/C14H19N5OS/c1-3-15-14-16-12(11-4-9-21-13(11)17-14)19-7-5-18(6-8-19)10(2)20/h4,9H,3,5-8H2,1-2H3,(H,15,16,17). The van der Waals surface area contributed by atoms with Gasteiger partial charge in [0.05, 0.1) is 5.39 Å². The summed E-state index contributed by atoms with van der Waals surface area (Å²) in [6.45, 7) is 7.59. The molecule has 6 nitrogen and oxygen atoms in total. The van der Waals surface area contributed by atoms with Crippen LogP contribution in [0.2, 0.25) is 0 Å². The lowest BCUT2D eigenvalue weighted by molar-refractivity contribution is -0.129. The number of anilines is 2. The van der Waals surface area contributed by atoms with Crippen molar-refractivity contribution in [3.8, 4) is 0 Å². The summed E-state index contributed by atoms with van der Waals surface area (Å²) < 4.78 is 0. The average molecular weight is 305 g/mol. The lowest BCUT2D eigenvalue weighted by atomic mass is 10.2. The molecular weight excluding hydrogens is 286 g/mol. The van der Waals surface area contributed by atoms with Crippen LogP contribution in [0.3, 0.4) is 0 Å². The Morgan fingerprint density at radius 3 is 2.76 bits per heavy atom. The van der Waals surface area contributed by atoms with Gasteiger partial charge in [-0.1, -0.05) is 0 Å². The molecule has 112 valence electrons. The predicted molar refractivity (Wildman–Crippen MR) is 86.0 cm³/mol. The first kappa shape index (κ1) is 14.1. The monoisotopic (exact) mass is 305 g/mol. The Morgan fingerprint density at radius 2 is 2.10 bits per heavy atom. The molecule has 0 aliphatic carbocycles. The van der Waals surface area contributed by atoms with Crippen LogP contribution in [0.25, 0.3) is 10.2 Å². The highest BCUT2D eigenvalue weighted by atomic mass is 32.1. The molecule has 0 saturated carbocycles. The molecule has 7 heteroatoms. The summed E-state index contributed by atoms with van der Waals surface area (Å²) >= 11 is 1.63. The third-order valence-electron chi connectivity index (χ3n) is 3.66. The molecule has 21 heavy (non-hydrogen) atoms. The smallest absolute Gasteiger partial charge is 0.226 e. The molecule has 0 spiro atoms. The Morgan fingerprint density at radius 1 is 1.33 bits per heavy atom. The summed E-state index contributed by atoms with van der Waals surface area (Å²) in [4.78, 5) is 25.8. The molecule has 1 amide bonds. The van der Waals surface area contributed by atoms with Gasteiger partial charge < -0.3 is 15.1 Å². The van der Waals surface area contributed by atoms with Crippen molar-refractivity contribution in [2.75, 3.05) is 42.9 Å². The van der Waals surface area contributed by atoms with Crippen LogP contribution < -0.4 is 10.2 Å². The SMILES string of the molecule is CCNc1nc(N2CCN(C(C)=O)CC2)c2ccsc2n1. The second kappa shape index (κ2) is 5.85. The van der Waals surface area contributed by atoms with Gasteiger partial charge in [-0.3, -0.25) is 4.79 Å². The fourth-order valence-electron chi connectivity index (χ4n) is 2.55. The van der Waals surface area contributed by atoms with E-state index in [1.165, 1.54) is 0 Å². The van der Waals surface area contributed by atoms with Gasteiger partial charge in [0, 0.05) is 39.6 Å². The van der Waals surface area contributed by atoms with Crippen LogP contribution in [0.1, 0.15) is 13.8 Å². The van der Waals surface area contributed by atoms with Gasteiger partial charge in [0.2, 0.25) is 11.9 Å². The lowest BCUT2D eigenvalue weighted by Gasteiger charge is -2.35. The van der Waals surface area contributed by atoms with Crippen molar-refractivity contribution in [2.24, 2.45) is 0 Å². The number of amides is 1. The number of hydrogen-bond acceptors (Lipinski definition) is 6. The van der Waals surface area contributed by atoms with Gasteiger partial charge in [-0.2, -0.15) is 4.98 Å². The van der Waals surface area contributed by atoms with E-state index >= 15 is 0 Å². The Labute approximate surface area is 127 Å². The summed E-state index contributed by atoms with van der Waals surface area (Å²) in [5, 5.41) is 6.33. The zero-order chi connectivity index (χ0) is 14.8. The lowest BCUT2D eigenvalue weighted by Crippen LogP contribution is -2.48. The van der Waals surface area contributed by atoms with Gasteiger partial charge in [-0.05, 0) is 18.4 Å². The summed E-state index contributed by atoms with van der Waals surface area (Å²) in [7, 11) is 0. The molecule has 2 aromatic heterocycles. The van der Waals surface area contributed by atoms with E-state index in [-0.39, 0.29) is 5.91 Å². The summed E-state index contributed by atoms with van der Waals surface area (Å²) in [6.07, 6.45) is 0. The highest BCUT2D eigenvalue weighted by Gasteiger charge is 2.22. The summed E-state index contributed by atoms with van der Waals surface area (Å²) in [5.74, 6) is 1.79. The number of nitrogens with one attached hydrogen (secondary N) is 1. The Balaban J connectivity index is 1.89. The van der Waals surface area contributed by atoms with Gasteiger partial charge in [-0.25, -0.2) is 4.98 Å². The second-order valence-corrected chi connectivity index (χ2v) is 5.93. The zero-order valence-electron chi connectivity index (χ0n) is 12.3. The van der Waals surface area contributed by atoms with Crippen LogP contribution in [0, 0.1) is 0 Å². The minimum absolute atomic E-state index is 0.145. The van der Waals surface area contributed by atoms with E-state index in [0.29, 0.717) is 5.95 Å². The van der Waals surface area contributed by atoms with Crippen LogP contribution >= 0.6 is 11.3 Å². The van der Waals surface area contributed by atoms with Crippen molar-refractivity contribution in [3.63, 3.8) is 0 Å². The molecule has 1 N–H and O–H groups in total. The van der Waals surface area contributed by atoms with Crippen molar-refractivity contribution in [2.45, 2.75) is 13.8 Å². The van der Waals surface area contributed by atoms with E-state index in [2.05, 4.69) is 26.3 Å². The van der Waals surface area contributed by atoms with Crippen molar-refractivity contribution < 1.29 is 4.79 Å². The number of nitrogens with zero attached hydrogens (tertiary/aromatic N) is 4. The fraction of sp³-hybridized carbons (Fsp3) is 0.500. The Bertz CT molecular complexity index is 648. The van der Waals surface area contributed by atoms with Crippen LogP contribution in [-0.4, -0.2) is 53.5 Å². The van der Waals surface area contributed by atoms with Gasteiger partial charge in [0.25, 0.3) is 0 Å². The third kappa shape index (κ3) is 2.78. The predicted octanol–water partition coefficient (Wildman–Crippen LogP) is 1.79. The van der Waals surface area contributed by atoms with Crippen LogP contribution in [-0.2, 0) is 4.79 Å². The highest BCUT2D eigenvalue weighted by Crippen LogP contribution is 2.29. The number of aromatic nitrogens is 2. The van der Waals surface area contributed by atoms with Gasteiger partial charge in [0.15, 0.2) is 0 Å². The number of carbonyl (C=O) groups is 1. The zero-order valence-corrected chi connectivity index (χ0v) is 13.1. The molecule has 1 saturated heterocycles. The molecule has 0 aromatic carbocycles. The molecule has 1 aliphatic heterocycles. The van der Waals surface area contributed by atoms with Gasteiger partial charge in [-0.15, -0.1) is 11.3 Å². The highest BCUT2D eigenvalue weighted by molar-refractivity contribution is 7.16. The molecular formula is C14H19N5OS. The number of piperazine rings is 1. The number of thiophene rings is 1. The van der Waals surface area contributed by atoms with E-state index < -0.39 is 0 Å². The maximum Gasteiger partial charge on any atom is 0.226 e. The van der Waals surface area contributed by atoms with Crippen molar-refractivity contribution in [3.05, 3.63) is 11.4 Å². The molecule has 3 heterocycles. The summed E-state index contributed by atoms with van der Waals surface area (Å²) in [5.41, 5.74) is 0. The fourth-order valence-corrected chi connectivity index (χ4v) is 3.31. The van der Waals surface area contributed by atoms with E-state index in [0.717, 1.165) is 48.8 Å². The Kier molecular flexibility index (Phi) is 3.92. The average Bonchev–Trinajstić information content (AvgIpc) is 2.95. The number of fused-ring (bicyclic) bond motifs is 1. The number of carbonyl (C=O) groups excluding carboxylic acids is 1.